The lowest BCUT2D eigenvalue weighted by atomic mass is 10.0. The highest BCUT2D eigenvalue weighted by Crippen LogP contribution is 2.28. The fourth-order valence-electron chi connectivity index (χ4n) is 3.89. The lowest BCUT2D eigenvalue weighted by molar-refractivity contribution is -0.148. The van der Waals surface area contributed by atoms with Crippen LogP contribution in [0.1, 0.15) is 32.1 Å². The van der Waals surface area contributed by atoms with Crippen molar-refractivity contribution in [3.05, 3.63) is 26.8 Å². The lowest BCUT2D eigenvalue weighted by Gasteiger charge is -2.36. The Bertz CT molecular complexity index is 954. The number of sulfonamides is 1. The first-order valence-electron chi connectivity index (χ1n) is 10.2. The smallest absolute Gasteiger partial charge is 0.245 e. The summed E-state index contributed by atoms with van der Waals surface area (Å²) in [5, 5.41) is 1.11. The topological polar surface area (TPSA) is 96.0 Å². The average molecular weight is 490 g/mol. The van der Waals surface area contributed by atoms with E-state index < -0.39 is 22.1 Å². The number of carbonyl (C=O) groups is 2. The van der Waals surface area contributed by atoms with Crippen molar-refractivity contribution in [1.82, 2.24) is 14.5 Å². The molecule has 31 heavy (non-hydrogen) atoms. The molecule has 0 unspecified atom stereocenters. The second-order valence-electron chi connectivity index (χ2n) is 8.07. The molecule has 3 rings (SSSR count). The zero-order chi connectivity index (χ0) is 22.8. The third-order valence-electron chi connectivity index (χ3n) is 5.38. The van der Waals surface area contributed by atoms with Crippen LogP contribution in [0.4, 0.5) is 0 Å². The van der Waals surface area contributed by atoms with Crippen molar-refractivity contribution in [3.8, 4) is 0 Å². The molecule has 0 aliphatic carbocycles. The van der Waals surface area contributed by atoms with E-state index in [1.165, 1.54) is 16.2 Å². The Kier molecular flexibility index (Phi) is 7.80. The van der Waals surface area contributed by atoms with E-state index in [1.54, 1.807) is 24.0 Å². The van der Waals surface area contributed by atoms with Gasteiger partial charge in [0.25, 0.3) is 0 Å². The molecule has 172 valence electrons. The Morgan fingerprint density at radius 2 is 1.97 bits per heavy atom. The maximum absolute atomic E-state index is 13.1. The average Bonchev–Trinajstić information content (AvgIpc) is 3.29. The van der Waals surface area contributed by atoms with Gasteiger partial charge >= 0.3 is 0 Å². The normalized spacial score (nSPS) is 21.8. The monoisotopic (exact) mass is 489 g/mol. The molecule has 11 heteroatoms. The number of amides is 2. The summed E-state index contributed by atoms with van der Waals surface area (Å²) >= 11 is 7.21. The number of thiophene rings is 1. The first-order chi connectivity index (χ1) is 14.6. The minimum Gasteiger partial charge on any atom is -0.378 e. The first-order valence-corrected chi connectivity index (χ1v) is 13.0. The van der Waals surface area contributed by atoms with Crippen LogP contribution in [-0.4, -0.2) is 75.0 Å². The van der Waals surface area contributed by atoms with Gasteiger partial charge in [0.2, 0.25) is 21.8 Å². The number of halogens is 1. The van der Waals surface area contributed by atoms with Crippen LogP contribution >= 0.6 is 22.9 Å². The summed E-state index contributed by atoms with van der Waals surface area (Å²) in [6.45, 7) is 7.75. The number of hydrogen-bond acceptors (Lipinski definition) is 6. The van der Waals surface area contributed by atoms with Gasteiger partial charge in [0.15, 0.2) is 0 Å². The molecule has 2 aliphatic rings. The number of ether oxygens (including phenoxy) is 1. The van der Waals surface area contributed by atoms with Crippen LogP contribution in [-0.2, 0) is 24.3 Å². The van der Waals surface area contributed by atoms with Crippen molar-refractivity contribution in [2.45, 2.75) is 39.3 Å². The van der Waals surface area contributed by atoms with E-state index in [2.05, 4.69) is 4.72 Å². The number of likely N-dealkylation sites (tertiary alicyclic amines) is 1. The summed E-state index contributed by atoms with van der Waals surface area (Å²) in [6.07, 6.45) is 0.315. The molecule has 1 N–H and O–H groups in total. The molecule has 3 heterocycles. The highest BCUT2D eigenvalue weighted by atomic mass is 35.5. The third-order valence-corrected chi connectivity index (χ3v) is 8.03. The summed E-state index contributed by atoms with van der Waals surface area (Å²) in [5.74, 6) is -0.574. The van der Waals surface area contributed by atoms with Gasteiger partial charge in [0, 0.05) is 24.5 Å². The van der Waals surface area contributed by atoms with Crippen molar-refractivity contribution < 1.29 is 22.7 Å². The summed E-state index contributed by atoms with van der Waals surface area (Å²) in [6, 6.07) is 1.95. The van der Waals surface area contributed by atoms with Crippen LogP contribution < -0.4 is 4.72 Å². The molecule has 1 aromatic rings. The SMILES string of the molecule is CC(=CS(=O)(=O)N[C@H]1CCN([C@H](C(=O)N2CCOCC2)C(C)C)C1=O)c1ccc(Cl)s1. The van der Waals surface area contributed by atoms with Gasteiger partial charge in [0.1, 0.15) is 12.1 Å². The minimum absolute atomic E-state index is 0.0969. The van der Waals surface area contributed by atoms with E-state index in [1.807, 2.05) is 13.8 Å². The van der Waals surface area contributed by atoms with Crippen molar-refractivity contribution in [2.75, 3.05) is 32.8 Å². The quantitative estimate of drug-likeness (QED) is 0.633. The number of rotatable bonds is 7. The minimum atomic E-state index is -3.85. The first kappa shape index (κ1) is 24.2. The van der Waals surface area contributed by atoms with Crippen LogP contribution in [0, 0.1) is 5.92 Å². The molecular formula is C20H28ClN3O5S2. The molecule has 2 amide bonds. The second-order valence-corrected chi connectivity index (χ2v) is 11.3. The van der Waals surface area contributed by atoms with Crippen LogP contribution in [0.2, 0.25) is 4.34 Å². The molecule has 0 aromatic carbocycles. The van der Waals surface area contributed by atoms with E-state index in [0.717, 1.165) is 10.3 Å². The Hall–Kier alpha value is -1.46. The van der Waals surface area contributed by atoms with Gasteiger partial charge < -0.3 is 14.5 Å². The number of morpholine rings is 1. The molecule has 0 spiro atoms. The van der Waals surface area contributed by atoms with Crippen molar-refractivity contribution >= 4 is 50.3 Å². The van der Waals surface area contributed by atoms with E-state index in [9.17, 15) is 18.0 Å². The molecular weight excluding hydrogens is 462 g/mol. The van der Waals surface area contributed by atoms with E-state index in [4.69, 9.17) is 16.3 Å². The number of carbonyl (C=O) groups excluding carboxylic acids is 2. The summed E-state index contributed by atoms with van der Waals surface area (Å²) in [5.41, 5.74) is 0.536. The fourth-order valence-corrected chi connectivity index (χ4v) is 6.25. The lowest BCUT2D eigenvalue weighted by Crippen LogP contribution is -2.55. The van der Waals surface area contributed by atoms with Gasteiger partial charge in [-0.25, -0.2) is 8.42 Å². The molecule has 1 aromatic heterocycles. The Balaban J connectivity index is 1.71. The van der Waals surface area contributed by atoms with Gasteiger partial charge in [-0.15, -0.1) is 11.3 Å². The Morgan fingerprint density at radius 1 is 1.29 bits per heavy atom. The van der Waals surface area contributed by atoms with Gasteiger partial charge in [-0.05, 0) is 37.0 Å². The maximum atomic E-state index is 13.1. The van der Waals surface area contributed by atoms with Gasteiger partial charge in [-0.3, -0.25) is 9.59 Å². The van der Waals surface area contributed by atoms with Crippen LogP contribution in [0.3, 0.4) is 0 Å². The zero-order valence-electron chi connectivity index (χ0n) is 17.8. The number of allylic oxidation sites excluding steroid dienone is 1. The number of hydrogen-bond donors (Lipinski definition) is 1. The predicted octanol–water partition coefficient (Wildman–Crippen LogP) is 2.17. The Labute approximate surface area is 192 Å². The van der Waals surface area contributed by atoms with Crippen LogP contribution in [0.25, 0.3) is 5.57 Å². The van der Waals surface area contributed by atoms with Crippen LogP contribution in [0.5, 0.6) is 0 Å². The van der Waals surface area contributed by atoms with Crippen molar-refractivity contribution in [2.24, 2.45) is 5.92 Å². The zero-order valence-corrected chi connectivity index (χ0v) is 20.2. The number of nitrogens with zero attached hydrogens (tertiary/aromatic N) is 2. The van der Waals surface area contributed by atoms with Crippen molar-refractivity contribution in [1.29, 1.82) is 0 Å². The molecule has 8 nitrogen and oxygen atoms in total. The molecule has 2 saturated heterocycles. The molecule has 0 saturated carbocycles. The standard InChI is InChI=1S/C20H28ClN3O5S2/c1-13(2)18(20(26)23-8-10-29-11-9-23)24-7-6-15(19(24)25)22-31(27,28)12-14(3)16-4-5-17(21)30-16/h4-5,12-13,15,18,22H,6-11H2,1-3H3/t15-,18-/m0/s1. The van der Waals surface area contributed by atoms with E-state index in [-0.39, 0.29) is 17.7 Å². The fraction of sp³-hybridized carbons (Fsp3) is 0.600. The van der Waals surface area contributed by atoms with Gasteiger partial charge in [-0.2, -0.15) is 4.72 Å². The van der Waals surface area contributed by atoms with Crippen LogP contribution in [0.15, 0.2) is 17.5 Å². The number of nitrogens with one attached hydrogen (secondary N) is 1. The predicted molar refractivity (Wildman–Crippen MR) is 121 cm³/mol. The van der Waals surface area contributed by atoms with Gasteiger partial charge in [0.05, 0.1) is 23.0 Å². The van der Waals surface area contributed by atoms with E-state index >= 15 is 0 Å². The highest BCUT2D eigenvalue weighted by molar-refractivity contribution is 7.92. The van der Waals surface area contributed by atoms with Crippen molar-refractivity contribution in [3.63, 3.8) is 0 Å². The summed E-state index contributed by atoms with van der Waals surface area (Å²) in [7, 11) is -3.85. The second kappa shape index (κ2) is 9.99. The summed E-state index contributed by atoms with van der Waals surface area (Å²) in [4.78, 5) is 30.1. The summed E-state index contributed by atoms with van der Waals surface area (Å²) < 4.78 is 33.6. The molecule has 2 atom stereocenters. The molecule has 2 aliphatic heterocycles. The molecule has 2 fully saturated rings. The largest absolute Gasteiger partial charge is 0.378 e. The highest BCUT2D eigenvalue weighted by Gasteiger charge is 2.42. The van der Waals surface area contributed by atoms with E-state index in [0.29, 0.717) is 49.2 Å². The molecule has 0 bridgehead atoms. The van der Waals surface area contributed by atoms with Gasteiger partial charge in [-0.1, -0.05) is 25.4 Å². The maximum Gasteiger partial charge on any atom is 0.245 e. The Morgan fingerprint density at radius 3 is 2.55 bits per heavy atom. The molecule has 0 radical (unpaired) electrons. The third kappa shape index (κ3) is 5.87.